The summed E-state index contributed by atoms with van der Waals surface area (Å²) in [6.45, 7) is 8.24. The molecule has 21 heavy (non-hydrogen) atoms. The first-order chi connectivity index (χ1) is 9.48. The van der Waals surface area contributed by atoms with E-state index in [1.807, 2.05) is 0 Å². The smallest absolute Gasteiger partial charge is 0.261 e. The lowest BCUT2D eigenvalue weighted by molar-refractivity contribution is 0.0935. The molecular weight excluding hydrogens is 378 g/mol. The minimum absolute atomic E-state index is 0.0169. The second-order valence-corrected chi connectivity index (χ2v) is 9.16. The van der Waals surface area contributed by atoms with E-state index in [-0.39, 0.29) is 16.2 Å². The average Bonchev–Trinajstić information content (AvgIpc) is 2.37. The summed E-state index contributed by atoms with van der Waals surface area (Å²) in [6.07, 6.45) is 0.923. The molecule has 1 amide bonds. The monoisotopic (exact) mass is 395 g/mol. The standard InChI is InChI=1S/C14H19BrClNO3S/c1-5-14(3,4)8-17-13(18)11-6-10(15)7-12(9(11)2)21(16,19)20/h6-7H,5,8H2,1-4H3,(H,17,18). The van der Waals surface area contributed by atoms with Crippen LogP contribution in [0.5, 0.6) is 0 Å². The van der Waals surface area contributed by atoms with Crippen molar-refractivity contribution >= 4 is 41.6 Å². The van der Waals surface area contributed by atoms with Gasteiger partial charge >= 0.3 is 0 Å². The van der Waals surface area contributed by atoms with Crippen LogP contribution in [-0.4, -0.2) is 20.9 Å². The van der Waals surface area contributed by atoms with E-state index >= 15 is 0 Å². The van der Waals surface area contributed by atoms with Crippen LogP contribution in [-0.2, 0) is 9.05 Å². The quantitative estimate of drug-likeness (QED) is 0.769. The summed E-state index contributed by atoms with van der Waals surface area (Å²) in [5.74, 6) is -0.308. The van der Waals surface area contributed by atoms with Crippen LogP contribution >= 0.6 is 26.6 Å². The molecule has 0 radical (unpaired) electrons. The highest BCUT2D eigenvalue weighted by Gasteiger charge is 2.22. The molecule has 0 saturated heterocycles. The van der Waals surface area contributed by atoms with Gasteiger partial charge in [-0.05, 0) is 36.5 Å². The topological polar surface area (TPSA) is 63.2 Å². The molecule has 0 unspecified atom stereocenters. The second kappa shape index (κ2) is 6.67. The fourth-order valence-electron chi connectivity index (χ4n) is 1.68. The van der Waals surface area contributed by atoms with Gasteiger partial charge in [-0.3, -0.25) is 4.79 Å². The Balaban J connectivity index is 3.14. The Labute approximate surface area is 138 Å². The lowest BCUT2D eigenvalue weighted by atomic mass is 9.90. The van der Waals surface area contributed by atoms with E-state index in [9.17, 15) is 13.2 Å². The summed E-state index contributed by atoms with van der Waals surface area (Å²) >= 11 is 3.21. The number of amides is 1. The van der Waals surface area contributed by atoms with Gasteiger partial charge in [0.05, 0.1) is 4.90 Å². The van der Waals surface area contributed by atoms with Crippen molar-refractivity contribution in [1.29, 1.82) is 0 Å². The van der Waals surface area contributed by atoms with Gasteiger partial charge in [-0.1, -0.05) is 36.7 Å². The molecule has 1 N–H and O–H groups in total. The Morgan fingerprint density at radius 3 is 2.43 bits per heavy atom. The molecule has 118 valence electrons. The van der Waals surface area contributed by atoms with E-state index in [1.54, 1.807) is 13.0 Å². The Hall–Kier alpha value is -0.590. The van der Waals surface area contributed by atoms with E-state index < -0.39 is 9.05 Å². The van der Waals surface area contributed by atoms with E-state index in [0.717, 1.165) is 6.42 Å². The highest BCUT2D eigenvalue weighted by atomic mass is 79.9. The Kier molecular flexibility index (Phi) is 5.86. The number of benzene rings is 1. The molecule has 0 atom stereocenters. The van der Waals surface area contributed by atoms with Crippen molar-refractivity contribution < 1.29 is 13.2 Å². The molecule has 1 aromatic carbocycles. The maximum atomic E-state index is 12.3. The molecular formula is C14H19BrClNO3S. The summed E-state index contributed by atoms with van der Waals surface area (Å²) in [4.78, 5) is 12.2. The number of carbonyl (C=O) groups excluding carboxylic acids is 1. The third-order valence-electron chi connectivity index (χ3n) is 3.52. The Morgan fingerprint density at radius 2 is 1.95 bits per heavy atom. The van der Waals surface area contributed by atoms with Gasteiger partial charge in [-0.25, -0.2) is 8.42 Å². The molecule has 0 fully saturated rings. The molecule has 1 rings (SSSR count). The molecule has 4 nitrogen and oxygen atoms in total. The molecule has 7 heteroatoms. The van der Waals surface area contributed by atoms with E-state index in [1.165, 1.54) is 6.07 Å². The predicted molar refractivity (Wildman–Crippen MR) is 88.3 cm³/mol. The van der Waals surface area contributed by atoms with Crippen molar-refractivity contribution in [2.24, 2.45) is 5.41 Å². The molecule has 1 aromatic rings. The summed E-state index contributed by atoms with van der Waals surface area (Å²) in [7, 11) is 1.51. The minimum Gasteiger partial charge on any atom is -0.351 e. The van der Waals surface area contributed by atoms with Crippen LogP contribution in [0.4, 0.5) is 0 Å². The zero-order valence-corrected chi connectivity index (χ0v) is 15.6. The van der Waals surface area contributed by atoms with Crippen molar-refractivity contribution in [1.82, 2.24) is 5.32 Å². The van der Waals surface area contributed by atoms with Crippen LogP contribution in [0.15, 0.2) is 21.5 Å². The van der Waals surface area contributed by atoms with Gasteiger partial charge in [-0.2, -0.15) is 0 Å². The molecule has 0 saturated carbocycles. The number of hydrogen-bond donors (Lipinski definition) is 1. The fraction of sp³-hybridized carbons (Fsp3) is 0.500. The maximum absolute atomic E-state index is 12.3. The number of carbonyl (C=O) groups is 1. The van der Waals surface area contributed by atoms with Gasteiger partial charge in [-0.15, -0.1) is 0 Å². The largest absolute Gasteiger partial charge is 0.351 e. The molecule has 0 spiro atoms. The molecule has 0 aliphatic heterocycles. The SMILES string of the molecule is CCC(C)(C)CNC(=O)c1cc(Br)cc(S(=O)(=O)Cl)c1C. The summed E-state index contributed by atoms with van der Waals surface area (Å²) in [5, 5.41) is 2.84. The molecule has 0 aliphatic rings. The Bertz CT molecular complexity index is 656. The molecule has 0 bridgehead atoms. The van der Waals surface area contributed by atoms with Crippen molar-refractivity contribution in [3.63, 3.8) is 0 Å². The van der Waals surface area contributed by atoms with Crippen LogP contribution < -0.4 is 5.32 Å². The fourth-order valence-corrected chi connectivity index (χ4v) is 3.52. The second-order valence-electron chi connectivity index (χ2n) is 5.71. The van der Waals surface area contributed by atoms with Crippen LogP contribution in [0.2, 0.25) is 0 Å². The van der Waals surface area contributed by atoms with E-state index in [4.69, 9.17) is 10.7 Å². The molecule has 0 aliphatic carbocycles. The first kappa shape index (κ1) is 18.5. The summed E-state index contributed by atoms with van der Waals surface area (Å²) < 4.78 is 23.6. The van der Waals surface area contributed by atoms with Gasteiger partial charge in [0.1, 0.15) is 0 Å². The number of hydrogen-bond acceptors (Lipinski definition) is 3. The third-order valence-corrected chi connectivity index (χ3v) is 5.42. The van der Waals surface area contributed by atoms with Crippen LogP contribution in [0.25, 0.3) is 0 Å². The zero-order valence-electron chi connectivity index (χ0n) is 12.5. The van der Waals surface area contributed by atoms with Gasteiger partial charge in [0.2, 0.25) is 0 Å². The zero-order chi connectivity index (χ0) is 16.4. The maximum Gasteiger partial charge on any atom is 0.261 e. The normalized spacial score (nSPS) is 12.3. The van der Waals surface area contributed by atoms with Gasteiger partial charge in [0.25, 0.3) is 15.0 Å². The van der Waals surface area contributed by atoms with Crippen LogP contribution in [0.3, 0.4) is 0 Å². The minimum atomic E-state index is -3.90. The van der Waals surface area contributed by atoms with Crippen LogP contribution in [0.1, 0.15) is 43.1 Å². The average molecular weight is 397 g/mol. The van der Waals surface area contributed by atoms with E-state index in [2.05, 4.69) is 42.0 Å². The summed E-state index contributed by atoms with van der Waals surface area (Å²) in [5.41, 5.74) is 0.632. The number of rotatable bonds is 5. The van der Waals surface area contributed by atoms with Crippen molar-refractivity contribution in [2.45, 2.75) is 39.0 Å². The number of halogens is 2. The van der Waals surface area contributed by atoms with Gasteiger partial charge in [0, 0.05) is 27.3 Å². The molecule has 0 heterocycles. The first-order valence-corrected chi connectivity index (χ1v) is 9.61. The first-order valence-electron chi connectivity index (χ1n) is 6.51. The van der Waals surface area contributed by atoms with E-state index in [0.29, 0.717) is 22.1 Å². The number of nitrogens with one attached hydrogen (secondary N) is 1. The predicted octanol–water partition coefficient (Wildman–Crippen LogP) is 3.85. The highest BCUT2D eigenvalue weighted by Crippen LogP contribution is 2.27. The van der Waals surface area contributed by atoms with Gasteiger partial charge in [0.15, 0.2) is 0 Å². The van der Waals surface area contributed by atoms with Crippen molar-refractivity contribution in [3.05, 3.63) is 27.7 Å². The lowest BCUT2D eigenvalue weighted by Gasteiger charge is -2.23. The lowest BCUT2D eigenvalue weighted by Crippen LogP contribution is -2.34. The summed E-state index contributed by atoms with van der Waals surface area (Å²) in [6, 6.07) is 2.99. The molecule has 0 aromatic heterocycles. The third kappa shape index (κ3) is 4.97. The van der Waals surface area contributed by atoms with Gasteiger partial charge < -0.3 is 5.32 Å². The van der Waals surface area contributed by atoms with Crippen LogP contribution in [0, 0.1) is 12.3 Å². The highest BCUT2D eigenvalue weighted by molar-refractivity contribution is 9.10. The van der Waals surface area contributed by atoms with Crippen molar-refractivity contribution in [2.75, 3.05) is 6.54 Å². The van der Waals surface area contributed by atoms with Crippen molar-refractivity contribution in [3.8, 4) is 0 Å². The Morgan fingerprint density at radius 1 is 1.38 bits per heavy atom.